The van der Waals surface area contributed by atoms with Gasteiger partial charge in [0, 0.05) is 5.54 Å². The lowest BCUT2D eigenvalue weighted by molar-refractivity contribution is 0.0317. The third kappa shape index (κ3) is 4.26. The molecule has 1 nitrogen and oxygen atoms in total. The topological polar surface area (TPSA) is 26.0 Å². The molecule has 1 heteroatoms. The normalized spacial score (nSPS) is 22.0. The van der Waals surface area contributed by atoms with Crippen LogP contribution < -0.4 is 5.73 Å². The summed E-state index contributed by atoms with van der Waals surface area (Å²) in [6.07, 6.45) is 8.63. The van der Waals surface area contributed by atoms with Gasteiger partial charge in [0.1, 0.15) is 0 Å². The maximum absolute atomic E-state index is 6.34. The van der Waals surface area contributed by atoms with Crippen molar-refractivity contribution in [2.24, 2.45) is 16.6 Å². The van der Waals surface area contributed by atoms with Crippen LogP contribution in [0.4, 0.5) is 0 Å². The fourth-order valence-electron chi connectivity index (χ4n) is 3.10. The Morgan fingerprint density at radius 1 is 0.667 bits per heavy atom. The van der Waals surface area contributed by atoms with Crippen molar-refractivity contribution in [3.8, 4) is 0 Å². The lowest BCUT2D eigenvalue weighted by Gasteiger charge is -2.48. The van der Waals surface area contributed by atoms with Crippen LogP contribution in [0.3, 0.4) is 0 Å². The third-order valence-electron chi connectivity index (χ3n) is 5.88. The number of hydrogen-bond donors (Lipinski definition) is 1. The van der Waals surface area contributed by atoms with Crippen LogP contribution in [0.2, 0.25) is 0 Å². The maximum Gasteiger partial charge on any atom is 0.0123 e. The minimum absolute atomic E-state index is 0.0112. The molecule has 0 aromatic heterocycles. The van der Waals surface area contributed by atoms with Gasteiger partial charge in [0.15, 0.2) is 0 Å². The molecule has 0 rings (SSSR count). The molecule has 18 heavy (non-hydrogen) atoms. The van der Waals surface area contributed by atoms with Gasteiger partial charge in [0.25, 0.3) is 0 Å². The summed E-state index contributed by atoms with van der Waals surface area (Å²) < 4.78 is 0. The molecule has 110 valence electrons. The van der Waals surface area contributed by atoms with E-state index in [1.165, 1.54) is 32.1 Å². The highest BCUT2D eigenvalue weighted by atomic mass is 14.7. The molecule has 0 spiro atoms. The van der Waals surface area contributed by atoms with E-state index in [1.807, 2.05) is 0 Å². The summed E-state index contributed by atoms with van der Waals surface area (Å²) >= 11 is 0. The molecule has 0 aliphatic heterocycles. The van der Waals surface area contributed by atoms with Gasteiger partial charge in [-0.3, -0.25) is 0 Å². The zero-order valence-electron chi connectivity index (χ0n) is 14.0. The average Bonchev–Trinajstić information content (AvgIpc) is 2.36. The van der Waals surface area contributed by atoms with Crippen LogP contribution in [0.15, 0.2) is 0 Å². The lowest BCUT2D eigenvalue weighted by atomic mass is 9.58. The molecule has 0 saturated carbocycles. The fraction of sp³-hybridized carbons (Fsp3) is 1.00. The van der Waals surface area contributed by atoms with Gasteiger partial charge in [-0.2, -0.15) is 0 Å². The number of rotatable bonds is 9. The van der Waals surface area contributed by atoms with Crippen LogP contribution in [-0.2, 0) is 0 Å². The Bertz CT molecular complexity index is 234. The van der Waals surface area contributed by atoms with Crippen LogP contribution in [0.25, 0.3) is 0 Å². The number of nitrogens with two attached hydrogens (primary N) is 1. The highest BCUT2D eigenvalue weighted by molar-refractivity contribution is 4.93. The maximum atomic E-state index is 6.34. The van der Waals surface area contributed by atoms with Crippen molar-refractivity contribution in [3.05, 3.63) is 0 Å². The van der Waals surface area contributed by atoms with Crippen LogP contribution in [-0.4, -0.2) is 5.54 Å². The molecule has 0 fully saturated rings. The van der Waals surface area contributed by atoms with Gasteiger partial charge in [0.2, 0.25) is 0 Å². The van der Waals surface area contributed by atoms with Gasteiger partial charge < -0.3 is 5.73 Å². The van der Waals surface area contributed by atoms with Gasteiger partial charge >= 0.3 is 0 Å². The second-order valence-electron chi connectivity index (χ2n) is 7.09. The molecule has 3 atom stereocenters. The summed E-state index contributed by atoms with van der Waals surface area (Å²) in [5.41, 5.74) is 7.23. The van der Waals surface area contributed by atoms with Crippen molar-refractivity contribution >= 4 is 0 Å². The molecule has 0 aromatic carbocycles. The fourth-order valence-corrected chi connectivity index (χ4v) is 3.10. The molecule has 0 aliphatic carbocycles. The molecular weight excluding hydrogens is 218 g/mol. The van der Waals surface area contributed by atoms with E-state index in [4.69, 9.17) is 5.73 Å². The first-order valence-corrected chi connectivity index (χ1v) is 7.99. The minimum atomic E-state index is 0.0112. The SMILES string of the molecule is CCCC(C)(CC)C(C)(CC)CCC(C)(N)CC. The van der Waals surface area contributed by atoms with Crippen LogP contribution in [0.1, 0.15) is 93.4 Å². The molecule has 0 heterocycles. The first-order valence-electron chi connectivity index (χ1n) is 7.99. The molecule has 2 N–H and O–H groups in total. The van der Waals surface area contributed by atoms with Crippen LogP contribution >= 0.6 is 0 Å². The zero-order chi connectivity index (χ0) is 14.4. The summed E-state index contributed by atoms with van der Waals surface area (Å²) in [5, 5.41) is 0. The first kappa shape index (κ1) is 18.0. The van der Waals surface area contributed by atoms with Gasteiger partial charge in [-0.15, -0.1) is 0 Å². The van der Waals surface area contributed by atoms with Crippen molar-refractivity contribution in [2.45, 2.75) is 99.0 Å². The molecular formula is C17H37N. The van der Waals surface area contributed by atoms with Crippen molar-refractivity contribution < 1.29 is 0 Å². The van der Waals surface area contributed by atoms with E-state index >= 15 is 0 Å². The average molecular weight is 255 g/mol. The molecule has 3 unspecified atom stereocenters. The standard InChI is InChI=1S/C17H37N/c1-8-12-15(5,9-2)16(6,10-3)13-14-17(7,18)11-4/h8-14,18H2,1-7H3. The highest BCUT2D eigenvalue weighted by Gasteiger charge is 2.41. The monoisotopic (exact) mass is 255 g/mol. The quantitative estimate of drug-likeness (QED) is 0.576. The van der Waals surface area contributed by atoms with Crippen molar-refractivity contribution in [1.82, 2.24) is 0 Å². The van der Waals surface area contributed by atoms with Gasteiger partial charge in [0.05, 0.1) is 0 Å². The Hall–Kier alpha value is -0.0400. The smallest absolute Gasteiger partial charge is 0.0123 e. The Kier molecular flexibility index (Phi) is 6.92. The van der Waals surface area contributed by atoms with E-state index in [0.29, 0.717) is 10.8 Å². The van der Waals surface area contributed by atoms with Gasteiger partial charge in [-0.25, -0.2) is 0 Å². The molecule has 0 amide bonds. The van der Waals surface area contributed by atoms with E-state index < -0.39 is 0 Å². The Morgan fingerprint density at radius 2 is 1.11 bits per heavy atom. The molecule has 0 radical (unpaired) electrons. The van der Waals surface area contributed by atoms with E-state index in [2.05, 4.69) is 48.5 Å². The van der Waals surface area contributed by atoms with Crippen molar-refractivity contribution in [1.29, 1.82) is 0 Å². The summed E-state index contributed by atoms with van der Waals surface area (Å²) in [7, 11) is 0. The largest absolute Gasteiger partial charge is 0.325 e. The lowest BCUT2D eigenvalue weighted by Crippen LogP contribution is -2.41. The second-order valence-corrected chi connectivity index (χ2v) is 7.09. The van der Waals surface area contributed by atoms with Gasteiger partial charge in [-0.05, 0) is 43.4 Å². The Labute approximate surface area is 116 Å². The molecule has 0 aliphatic rings. The van der Waals surface area contributed by atoms with E-state index in [0.717, 1.165) is 12.8 Å². The van der Waals surface area contributed by atoms with E-state index in [1.54, 1.807) is 0 Å². The van der Waals surface area contributed by atoms with Crippen molar-refractivity contribution in [2.75, 3.05) is 0 Å². The number of hydrogen-bond acceptors (Lipinski definition) is 1. The summed E-state index contributed by atoms with van der Waals surface area (Å²) in [6, 6.07) is 0. The Morgan fingerprint density at radius 3 is 1.44 bits per heavy atom. The molecule has 0 aromatic rings. The van der Waals surface area contributed by atoms with E-state index in [-0.39, 0.29) is 5.54 Å². The summed E-state index contributed by atoms with van der Waals surface area (Å²) in [4.78, 5) is 0. The predicted octanol–water partition coefficient (Wildman–Crippen LogP) is 5.53. The minimum Gasteiger partial charge on any atom is -0.325 e. The first-order chi connectivity index (χ1) is 8.20. The van der Waals surface area contributed by atoms with Crippen LogP contribution in [0.5, 0.6) is 0 Å². The molecule has 0 saturated heterocycles. The predicted molar refractivity (Wildman–Crippen MR) is 83.8 cm³/mol. The summed E-state index contributed by atoms with van der Waals surface area (Å²) in [6.45, 7) is 16.4. The zero-order valence-corrected chi connectivity index (χ0v) is 14.0. The van der Waals surface area contributed by atoms with Crippen LogP contribution in [0, 0.1) is 10.8 Å². The van der Waals surface area contributed by atoms with Gasteiger partial charge in [-0.1, -0.05) is 60.8 Å². The second kappa shape index (κ2) is 6.93. The highest BCUT2D eigenvalue weighted by Crippen LogP contribution is 2.51. The Balaban J connectivity index is 4.88. The van der Waals surface area contributed by atoms with Crippen molar-refractivity contribution in [3.63, 3.8) is 0 Å². The third-order valence-corrected chi connectivity index (χ3v) is 5.88. The molecule has 0 bridgehead atoms. The summed E-state index contributed by atoms with van der Waals surface area (Å²) in [5.74, 6) is 0. The van der Waals surface area contributed by atoms with E-state index in [9.17, 15) is 0 Å².